The molecule has 2 aromatic rings. The maximum atomic E-state index is 12.9. The average Bonchev–Trinajstić information content (AvgIpc) is 2.61. The van der Waals surface area contributed by atoms with Gasteiger partial charge in [0.05, 0.1) is 20.6 Å². The first-order valence-electron chi connectivity index (χ1n) is 8.02. The van der Waals surface area contributed by atoms with Crippen LogP contribution in [0, 0.1) is 0 Å². The van der Waals surface area contributed by atoms with Crippen LogP contribution < -0.4 is 20.1 Å². The van der Waals surface area contributed by atoms with Gasteiger partial charge >= 0.3 is 0 Å². The van der Waals surface area contributed by atoms with Crippen LogP contribution in [0.3, 0.4) is 0 Å². The second-order valence-corrected chi connectivity index (χ2v) is 5.85. The molecule has 134 valence electrons. The molecule has 25 heavy (non-hydrogen) atoms. The highest BCUT2D eigenvalue weighted by Gasteiger charge is 2.24. The third-order valence-electron chi connectivity index (χ3n) is 4.42. The van der Waals surface area contributed by atoms with Crippen molar-refractivity contribution in [3.63, 3.8) is 0 Å². The molecule has 0 radical (unpaired) electrons. The summed E-state index contributed by atoms with van der Waals surface area (Å²) in [6.07, 6.45) is 2.09. The normalized spacial score (nSPS) is 12.8. The number of benzene rings is 2. The van der Waals surface area contributed by atoms with Crippen molar-refractivity contribution in [2.45, 2.75) is 19.3 Å². The lowest BCUT2D eigenvalue weighted by atomic mass is 9.99. The number of methoxy groups -OCH3 is 2. The van der Waals surface area contributed by atoms with Gasteiger partial charge in [-0.15, -0.1) is 12.4 Å². The summed E-state index contributed by atoms with van der Waals surface area (Å²) in [7, 11) is 3.21. The summed E-state index contributed by atoms with van der Waals surface area (Å²) in [6, 6.07) is 11.2. The van der Waals surface area contributed by atoms with Crippen LogP contribution in [0.2, 0.25) is 0 Å². The Morgan fingerprint density at radius 3 is 2.72 bits per heavy atom. The molecular formula is C19H23ClN2O3. The second kappa shape index (κ2) is 8.12. The Balaban J connectivity index is 0.00000225. The first-order valence-corrected chi connectivity index (χ1v) is 8.02. The number of carbonyl (C=O) groups excluding carboxylic acids is 1. The fraction of sp³-hybridized carbons (Fsp3) is 0.316. The molecule has 0 aliphatic carbocycles. The van der Waals surface area contributed by atoms with E-state index in [-0.39, 0.29) is 24.7 Å². The molecule has 3 rings (SSSR count). The summed E-state index contributed by atoms with van der Waals surface area (Å²) in [4.78, 5) is 14.7. The minimum atomic E-state index is 0. The zero-order chi connectivity index (χ0) is 17.1. The molecule has 0 saturated carbocycles. The molecule has 0 fully saturated rings. The summed E-state index contributed by atoms with van der Waals surface area (Å²) in [6.45, 7) is 0.710. The third kappa shape index (κ3) is 3.82. The number of anilines is 2. The zero-order valence-electron chi connectivity index (χ0n) is 14.5. The monoisotopic (exact) mass is 362 g/mol. The zero-order valence-corrected chi connectivity index (χ0v) is 15.3. The lowest BCUT2D eigenvalue weighted by Gasteiger charge is -2.30. The van der Waals surface area contributed by atoms with Crippen LogP contribution in [0.4, 0.5) is 11.4 Å². The maximum Gasteiger partial charge on any atom is 0.231 e. The molecule has 2 aromatic carbocycles. The number of hydrogen-bond donors (Lipinski definition) is 1. The highest BCUT2D eigenvalue weighted by atomic mass is 35.5. The third-order valence-corrected chi connectivity index (χ3v) is 4.42. The molecule has 0 spiro atoms. The van der Waals surface area contributed by atoms with Crippen LogP contribution in [0.15, 0.2) is 36.4 Å². The van der Waals surface area contributed by atoms with E-state index in [0.29, 0.717) is 18.0 Å². The van der Waals surface area contributed by atoms with Crippen molar-refractivity contribution in [2.24, 2.45) is 0 Å². The van der Waals surface area contributed by atoms with E-state index in [1.54, 1.807) is 14.2 Å². The Bertz CT molecular complexity index is 764. The van der Waals surface area contributed by atoms with Gasteiger partial charge in [0.1, 0.15) is 11.5 Å². The van der Waals surface area contributed by atoms with Crippen LogP contribution in [-0.4, -0.2) is 26.7 Å². The first-order chi connectivity index (χ1) is 11.6. The fourth-order valence-corrected chi connectivity index (χ4v) is 3.19. The van der Waals surface area contributed by atoms with Gasteiger partial charge in [0.15, 0.2) is 0 Å². The molecule has 5 nitrogen and oxygen atoms in total. The fourth-order valence-electron chi connectivity index (χ4n) is 3.19. The molecule has 0 atom stereocenters. The molecule has 1 heterocycles. The lowest BCUT2D eigenvalue weighted by molar-refractivity contribution is -0.118. The van der Waals surface area contributed by atoms with Gasteiger partial charge in [-0.1, -0.05) is 6.07 Å². The van der Waals surface area contributed by atoms with E-state index in [1.165, 1.54) is 0 Å². The number of ether oxygens (including phenoxy) is 2. The standard InChI is InChI=1S/C19H22N2O3.ClH/c1-23-14-8-9-18(24-2)13(11-14)12-19(22)21-10-4-5-15-16(20)6-3-7-17(15)21;/h3,6-9,11H,4-5,10,12,20H2,1-2H3;1H. The number of fused-ring (bicyclic) bond motifs is 1. The van der Waals surface area contributed by atoms with Crippen LogP contribution >= 0.6 is 12.4 Å². The number of nitrogens with two attached hydrogens (primary N) is 1. The molecule has 0 saturated heterocycles. The SMILES string of the molecule is COc1ccc(OC)c(CC(=O)N2CCCc3c(N)cccc32)c1.Cl. The van der Waals surface area contributed by atoms with Gasteiger partial charge in [0, 0.05) is 23.5 Å². The van der Waals surface area contributed by atoms with Crippen molar-refractivity contribution < 1.29 is 14.3 Å². The molecule has 0 aromatic heterocycles. The highest BCUT2D eigenvalue weighted by Crippen LogP contribution is 2.32. The largest absolute Gasteiger partial charge is 0.497 e. The number of rotatable bonds is 4. The predicted molar refractivity (Wildman–Crippen MR) is 102 cm³/mol. The number of carbonyl (C=O) groups is 1. The summed E-state index contributed by atoms with van der Waals surface area (Å²) in [5.41, 5.74) is 9.63. The first kappa shape index (κ1) is 18.9. The molecule has 1 aliphatic heterocycles. The van der Waals surface area contributed by atoms with Crippen molar-refractivity contribution in [2.75, 3.05) is 31.4 Å². The van der Waals surface area contributed by atoms with Crippen LogP contribution in [0.1, 0.15) is 17.5 Å². The van der Waals surface area contributed by atoms with E-state index >= 15 is 0 Å². The van der Waals surface area contributed by atoms with E-state index in [1.807, 2.05) is 41.3 Å². The van der Waals surface area contributed by atoms with Gasteiger partial charge in [0.25, 0.3) is 0 Å². The van der Waals surface area contributed by atoms with Crippen LogP contribution in [0.25, 0.3) is 0 Å². The molecule has 6 heteroatoms. The minimum absolute atomic E-state index is 0. The quantitative estimate of drug-likeness (QED) is 0.848. The van der Waals surface area contributed by atoms with Crippen molar-refractivity contribution in [1.29, 1.82) is 0 Å². The minimum Gasteiger partial charge on any atom is -0.497 e. The Kier molecular flexibility index (Phi) is 6.15. The van der Waals surface area contributed by atoms with Gasteiger partial charge in [0.2, 0.25) is 5.91 Å². The number of nitrogens with zero attached hydrogens (tertiary/aromatic N) is 1. The molecule has 1 aliphatic rings. The van der Waals surface area contributed by atoms with E-state index in [9.17, 15) is 4.79 Å². The molecular weight excluding hydrogens is 340 g/mol. The number of amides is 1. The Morgan fingerprint density at radius 1 is 1.20 bits per heavy atom. The molecule has 0 bridgehead atoms. The van der Waals surface area contributed by atoms with Gasteiger partial charge in [-0.3, -0.25) is 4.79 Å². The van der Waals surface area contributed by atoms with Crippen LogP contribution in [-0.2, 0) is 17.6 Å². The topological polar surface area (TPSA) is 64.8 Å². The molecule has 0 unspecified atom stereocenters. The average molecular weight is 363 g/mol. The van der Waals surface area contributed by atoms with E-state index in [0.717, 1.165) is 35.3 Å². The van der Waals surface area contributed by atoms with Gasteiger partial charge in [-0.25, -0.2) is 0 Å². The van der Waals surface area contributed by atoms with Crippen LogP contribution in [0.5, 0.6) is 11.5 Å². The van der Waals surface area contributed by atoms with E-state index < -0.39 is 0 Å². The Hall–Kier alpha value is -2.40. The predicted octanol–water partition coefficient (Wildman–Crippen LogP) is 3.23. The maximum absolute atomic E-state index is 12.9. The smallest absolute Gasteiger partial charge is 0.231 e. The second-order valence-electron chi connectivity index (χ2n) is 5.85. The summed E-state index contributed by atoms with van der Waals surface area (Å²) < 4.78 is 10.6. The van der Waals surface area contributed by atoms with Crippen molar-refractivity contribution in [3.05, 3.63) is 47.5 Å². The van der Waals surface area contributed by atoms with E-state index in [2.05, 4.69) is 0 Å². The molecule has 2 N–H and O–H groups in total. The number of hydrogen-bond acceptors (Lipinski definition) is 4. The molecule has 1 amide bonds. The van der Waals surface area contributed by atoms with Gasteiger partial charge < -0.3 is 20.1 Å². The number of nitrogen functional groups attached to an aromatic ring is 1. The Morgan fingerprint density at radius 2 is 2.00 bits per heavy atom. The summed E-state index contributed by atoms with van der Waals surface area (Å²) >= 11 is 0. The highest BCUT2D eigenvalue weighted by molar-refractivity contribution is 5.97. The Labute approximate surface area is 154 Å². The lowest BCUT2D eigenvalue weighted by Crippen LogP contribution is -2.36. The van der Waals surface area contributed by atoms with Gasteiger partial charge in [-0.2, -0.15) is 0 Å². The summed E-state index contributed by atoms with van der Waals surface area (Å²) in [5.74, 6) is 1.43. The van der Waals surface area contributed by atoms with Crippen molar-refractivity contribution in [3.8, 4) is 11.5 Å². The van der Waals surface area contributed by atoms with Crippen molar-refractivity contribution >= 4 is 29.7 Å². The van der Waals surface area contributed by atoms with Crippen molar-refractivity contribution in [1.82, 2.24) is 0 Å². The van der Waals surface area contributed by atoms with E-state index in [4.69, 9.17) is 15.2 Å². The van der Waals surface area contributed by atoms with Gasteiger partial charge in [-0.05, 0) is 48.7 Å². The summed E-state index contributed by atoms with van der Waals surface area (Å²) in [5, 5.41) is 0. The number of halogens is 1.